The van der Waals surface area contributed by atoms with Crippen LogP contribution in [0.4, 0.5) is 21.9 Å². The molecule has 3 rings (SSSR count). The van der Waals surface area contributed by atoms with Gasteiger partial charge in [-0.05, 0) is 55.2 Å². The number of carbonyl (C=O) groups excluding carboxylic acids is 1. The molecule has 1 saturated heterocycles. The number of hydrogen-bond acceptors (Lipinski definition) is 3. The Balaban J connectivity index is 1.58. The third kappa shape index (κ3) is 4.44. The van der Waals surface area contributed by atoms with E-state index in [1.165, 1.54) is 18.5 Å². The Hall–Kier alpha value is -2.69. The molecule has 0 aromatic heterocycles. The molecule has 2 amide bonds. The summed E-state index contributed by atoms with van der Waals surface area (Å²) in [5, 5.41) is 5.66. The molecule has 0 saturated carbocycles. The van der Waals surface area contributed by atoms with Crippen LogP contribution in [0.25, 0.3) is 0 Å². The molecule has 1 aliphatic rings. The van der Waals surface area contributed by atoms with E-state index in [0.717, 1.165) is 24.7 Å². The molecule has 2 aromatic carbocycles. The summed E-state index contributed by atoms with van der Waals surface area (Å²) < 4.78 is 5.24. The molecule has 0 aliphatic carbocycles. The predicted octanol–water partition coefficient (Wildman–Crippen LogP) is 4.58. The van der Waals surface area contributed by atoms with Gasteiger partial charge in [-0.3, -0.25) is 0 Å². The standard InChI is InChI=1S/C20H25N3O2/c1-15-11-13-23(14-12-15)17-9-7-16(8-10-17)21-20(24)22-18-5-3-4-6-19(18)25-2/h3-10,15H,11-14H2,1-2H3,(H2,21,22,24). The first-order valence-corrected chi connectivity index (χ1v) is 8.72. The Kier molecular flexibility index (Phi) is 5.43. The summed E-state index contributed by atoms with van der Waals surface area (Å²) in [4.78, 5) is 14.6. The van der Waals surface area contributed by atoms with Crippen molar-refractivity contribution in [2.24, 2.45) is 5.92 Å². The zero-order chi connectivity index (χ0) is 17.6. The summed E-state index contributed by atoms with van der Waals surface area (Å²) in [6.07, 6.45) is 2.47. The molecule has 25 heavy (non-hydrogen) atoms. The molecule has 0 radical (unpaired) electrons. The first-order chi connectivity index (χ1) is 12.2. The maximum atomic E-state index is 12.2. The van der Waals surface area contributed by atoms with Crippen LogP contribution in [0.5, 0.6) is 5.75 Å². The minimum absolute atomic E-state index is 0.288. The van der Waals surface area contributed by atoms with Crippen LogP contribution in [-0.4, -0.2) is 26.2 Å². The van der Waals surface area contributed by atoms with Crippen LogP contribution >= 0.6 is 0 Å². The fraction of sp³-hybridized carbons (Fsp3) is 0.350. The van der Waals surface area contributed by atoms with E-state index in [1.54, 1.807) is 13.2 Å². The summed E-state index contributed by atoms with van der Waals surface area (Å²) in [5.41, 5.74) is 2.62. The molecule has 5 heteroatoms. The van der Waals surface area contributed by atoms with Gasteiger partial charge in [-0.2, -0.15) is 0 Å². The highest BCUT2D eigenvalue weighted by Gasteiger charge is 2.16. The maximum Gasteiger partial charge on any atom is 0.323 e. The number of ether oxygens (including phenoxy) is 1. The van der Waals surface area contributed by atoms with Crippen molar-refractivity contribution in [1.29, 1.82) is 0 Å². The topological polar surface area (TPSA) is 53.6 Å². The Labute approximate surface area is 149 Å². The molecule has 0 bridgehead atoms. The van der Waals surface area contributed by atoms with Gasteiger partial charge in [0, 0.05) is 24.5 Å². The van der Waals surface area contributed by atoms with Gasteiger partial charge in [0.15, 0.2) is 0 Å². The van der Waals surface area contributed by atoms with Crippen molar-refractivity contribution in [2.45, 2.75) is 19.8 Å². The average Bonchev–Trinajstić information content (AvgIpc) is 2.63. The quantitative estimate of drug-likeness (QED) is 0.857. The Morgan fingerprint density at radius 3 is 2.40 bits per heavy atom. The number of piperidine rings is 1. The van der Waals surface area contributed by atoms with Gasteiger partial charge in [0.1, 0.15) is 5.75 Å². The van der Waals surface area contributed by atoms with Crippen LogP contribution in [0.1, 0.15) is 19.8 Å². The van der Waals surface area contributed by atoms with E-state index in [-0.39, 0.29) is 6.03 Å². The average molecular weight is 339 g/mol. The fourth-order valence-corrected chi connectivity index (χ4v) is 3.05. The molecular formula is C20H25N3O2. The Bertz CT molecular complexity index is 707. The number of carbonyl (C=O) groups is 1. The Morgan fingerprint density at radius 2 is 1.72 bits per heavy atom. The number of nitrogens with one attached hydrogen (secondary N) is 2. The van der Waals surface area contributed by atoms with Gasteiger partial charge in [0.05, 0.1) is 12.8 Å². The molecule has 2 N–H and O–H groups in total. The van der Waals surface area contributed by atoms with E-state index in [2.05, 4.69) is 34.6 Å². The van der Waals surface area contributed by atoms with Crippen molar-refractivity contribution < 1.29 is 9.53 Å². The number of urea groups is 1. The summed E-state index contributed by atoms with van der Waals surface area (Å²) in [5.74, 6) is 1.45. The predicted molar refractivity (Wildman–Crippen MR) is 103 cm³/mol. The van der Waals surface area contributed by atoms with Crippen LogP contribution in [-0.2, 0) is 0 Å². The van der Waals surface area contributed by atoms with Crippen molar-refractivity contribution in [3.8, 4) is 5.75 Å². The highest BCUT2D eigenvalue weighted by atomic mass is 16.5. The van der Waals surface area contributed by atoms with E-state index in [4.69, 9.17) is 4.74 Å². The zero-order valence-corrected chi connectivity index (χ0v) is 14.8. The second-order valence-electron chi connectivity index (χ2n) is 6.50. The second kappa shape index (κ2) is 7.92. The van der Waals surface area contributed by atoms with E-state index in [9.17, 15) is 4.79 Å². The lowest BCUT2D eigenvalue weighted by molar-refractivity contribution is 0.262. The van der Waals surface area contributed by atoms with Crippen LogP contribution < -0.4 is 20.3 Å². The normalized spacial score (nSPS) is 14.9. The lowest BCUT2D eigenvalue weighted by Crippen LogP contribution is -2.32. The number of anilines is 3. The molecule has 1 fully saturated rings. The van der Waals surface area contributed by atoms with E-state index < -0.39 is 0 Å². The van der Waals surface area contributed by atoms with Gasteiger partial charge < -0.3 is 20.3 Å². The number of nitrogens with zero attached hydrogens (tertiary/aromatic N) is 1. The van der Waals surface area contributed by atoms with Gasteiger partial charge in [0.25, 0.3) is 0 Å². The molecule has 2 aromatic rings. The summed E-state index contributed by atoms with van der Waals surface area (Å²) in [6, 6.07) is 15.1. The van der Waals surface area contributed by atoms with E-state index in [0.29, 0.717) is 11.4 Å². The maximum absolute atomic E-state index is 12.2. The number of benzene rings is 2. The smallest absolute Gasteiger partial charge is 0.323 e. The fourth-order valence-electron chi connectivity index (χ4n) is 3.05. The van der Waals surface area contributed by atoms with Gasteiger partial charge in [0.2, 0.25) is 0 Å². The molecule has 0 unspecified atom stereocenters. The van der Waals surface area contributed by atoms with Crippen LogP contribution in [0.15, 0.2) is 48.5 Å². The first-order valence-electron chi connectivity index (χ1n) is 8.72. The molecule has 1 heterocycles. The van der Waals surface area contributed by atoms with Crippen LogP contribution in [0.3, 0.4) is 0 Å². The lowest BCUT2D eigenvalue weighted by atomic mass is 9.99. The SMILES string of the molecule is COc1ccccc1NC(=O)Nc1ccc(N2CCC(C)CC2)cc1. The third-order valence-corrected chi connectivity index (χ3v) is 4.63. The van der Waals surface area contributed by atoms with Crippen molar-refractivity contribution in [2.75, 3.05) is 35.7 Å². The molecular weight excluding hydrogens is 314 g/mol. The number of methoxy groups -OCH3 is 1. The van der Waals surface area contributed by atoms with Crippen LogP contribution in [0, 0.1) is 5.92 Å². The monoisotopic (exact) mass is 339 g/mol. The van der Waals surface area contributed by atoms with Crippen molar-refractivity contribution in [3.63, 3.8) is 0 Å². The highest BCUT2D eigenvalue weighted by Crippen LogP contribution is 2.25. The van der Waals surface area contributed by atoms with E-state index >= 15 is 0 Å². The first kappa shape index (κ1) is 17.1. The molecule has 1 aliphatic heterocycles. The zero-order valence-electron chi connectivity index (χ0n) is 14.8. The minimum Gasteiger partial charge on any atom is -0.495 e. The molecule has 132 valence electrons. The third-order valence-electron chi connectivity index (χ3n) is 4.63. The number of rotatable bonds is 4. The van der Waals surface area contributed by atoms with Crippen molar-refractivity contribution in [3.05, 3.63) is 48.5 Å². The van der Waals surface area contributed by atoms with Gasteiger partial charge in [-0.25, -0.2) is 4.79 Å². The summed E-state index contributed by atoms with van der Waals surface area (Å²) in [6.45, 7) is 4.51. The molecule has 0 spiro atoms. The van der Waals surface area contributed by atoms with Crippen molar-refractivity contribution >= 4 is 23.1 Å². The molecule has 0 atom stereocenters. The summed E-state index contributed by atoms with van der Waals surface area (Å²) in [7, 11) is 1.58. The Morgan fingerprint density at radius 1 is 1.04 bits per heavy atom. The van der Waals surface area contributed by atoms with Crippen LogP contribution in [0.2, 0.25) is 0 Å². The van der Waals surface area contributed by atoms with Gasteiger partial charge in [-0.1, -0.05) is 19.1 Å². The minimum atomic E-state index is -0.288. The number of amides is 2. The number of para-hydroxylation sites is 2. The van der Waals surface area contributed by atoms with E-state index in [1.807, 2.05) is 30.3 Å². The highest BCUT2D eigenvalue weighted by molar-refractivity contribution is 6.00. The van der Waals surface area contributed by atoms with Gasteiger partial charge in [-0.15, -0.1) is 0 Å². The number of hydrogen-bond donors (Lipinski definition) is 2. The van der Waals surface area contributed by atoms with Crippen molar-refractivity contribution in [1.82, 2.24) is 0 Å². The van der Waals surface area contributed by atoms with Gasteiger partial charge >= 0.3 is 6.03 Å². The lowest BCUT2D eigenvalue weighted by Gasteiger charge is -2.32. The summed E-state index contributed by atoms with van der Waals surface area (Å²) >= 11 is 0. The molecule has 5 nitrogen and oxygen atoms in total. The second-order valence-corrected chi connectivity index (χ2v) is 6.50. The largest absolute Gasteiger partial charge is 0.495 e.